The summed E-state index contributed by atoms with van der Waals surface area (Å²) < 4.78 is 0. The van der Waals surface area contributed by atoms with E-state index in [1.165, 1.54) is 11.3 Å². The van der Waals surface area contributed by atoms with Crippen LogP contribution < -0.4 is 0 Å². The van der Waals surface area contributed by atoms with Gasteiger partial charge in [-0.3, -0.25) is 0 Å². The zero-order valence-corrected chi connectivity index (χ0v) is 9.49. The van der Waals surface area contributed by atoms with Gasteiger partial charge >= 0.3 is 0 Å². The second-order valence-corrected chi connectivity index (χ2v) is 4.06. The monoisotopic (exact) mass is 245 g/mol. The summed E-state index contributed by atoms with van der Waals surface area (Å²) in [7, 11) is 0. The van der Waals surface area contributed by atoms with E-state index in [2.05, 4.69) is 15.0 Å². The van der Waals surface area contributed by atoms with Gasteiger partial charge in [-0.15, -0.1) is 11.3 Å². The van der Waals surface area contributed by atoms with Crippen LogP contribution in [0, 0.1) is 6.92 Å². The minimum absolute atomic E-state index is 0.369. The first-order valence-corrected chi connectivity index (χ1v) is 5.46. The second-order valence-electron chi connectivity index (χ2n) is 2.63. The number of rotatable bonds is 1. The van der Waals surface area contributed by atoms with Crippen LogP contribution in [-0.4, -0.2) is 15.0 Å². The Labute approximate surface area is 94.8 Å². The Hall–Kier alpha value is -0.710. The molecular formula is C8H5Cl2N3S. The van der Waals surface area contributed by atoms with Crippen molar-refractivity contribution in [3.63, 3.8) is 0 Å². The highest BCUT2D eigenvalue weighted by Crippen LogP contribution is 2.24. The molecule has 0 aliphatic heterocycles. The van der Waals surface area contributed by atoms with Crippen molar-refractivity contribution >= 4 is 34.5 Å². The molecule has 0 N–H and O–H groups in total. The molecule has 0 fully saturated rings. The van der Waals surface area contributed by atoms with Gasteiger partial charge in [0.15, 0.2) is 5.82 Å². The molecule has 0 amide bonds. The lowest BCUT2D eigenvalue weighted by atomic mass is 10.3. The van der Waals surface area contributed by atoms with Crippen molar-refractivity contribution in [3.05, 3.63) is 26.8 Å². The summed E-state index contributed by atoms with van der Waals surface area (Å²) in [5, 5.41) is 2.58. The van der Waals surface area contributed by atoms with Crippen molar-refractivity contribution in [1.82, 2.24) is 15.0 Å². The first-order chi connectivity index (χ1) is 6.68. The van der Waals surface area contributed by atoms with Crippen LogP contribution in [0.4, 0.5) is 0 Å². The number of hydrogen-bond acceptors (Lipinski definition) is 4. The first kappa shape index (κ1) is 9.83. The van der Waals surface area contributed by atoms with E-state index in [1.54, 1.807) is 12.4 Å². The van der Waals surface area contributed by atoms with Gasteiger partial charge < -0.3 is 0 Å². The van der Waals surface area contributed by atoms with E-state index >= 15 is 0 Å². The molecule has 0 radical (unpaired) electrons. The van der Waals surface area contributed by atoms with E-state index in [-0.39, 0.29) is 0 Å². The Kier molecular flexibility index (Phi) is 2.67. The smallest absolute Gasteiger partial charge is 0.181 e. The highest BCUT2D eigenvalue weighted by Gasteiger charge is 2.10. The molecule has 72 valence electrons. The van der Waals surface area contributed by atoms with Crippen molar-refractivity contribution in [2.45, 2.75) is 6.92 Å². The zero-order chi connectivity index (χ0) is 10.1. The van der Waals surface area contributed by atoms with Gasteiger partial charge in [0.1, 0.15) is 16.0 Å². The van der Waals surface area contributed by atoms with Crippen molar-refractivity contribution in [2.24, 2.45) is 0 Å². The van der Waals surface area contributed by atoms with Crippen molar-refractivity contribution < 1.29 is 0 Å². The van der Waals surface area contributed by atoms with Gasteiger partial charge in [-0.2, -0.15) is 0 Å². The Morgan fingerprint density at radius 3 is 2.36 bits per heavy atom. The molecule has 6 heteroatoms. The van der Waals surface area contributed by atoms with Crippen LogP contribution in [0.25, 0.3) is 11.5 Å². The van der Waals surface area contributed by atoms with Gasteiger partial charge in [0.05, 0.1) is 5.51 Å². The zero-order valence-electron chi connectivity index (χ0n) is 7.16. The molecule has 2 aromatic heterocycles. The lowest BCUT2D eigenvalue weighted by Crippen LogP contribution is -1.93. The third-order valence-electron chi connectivity index (χ3n) is 1.69. The van der Waals surface area contributed by atoms with Gasteiger partial charge in [-0.05, 0) is 6.92 Å². The summed E-state index contributed by atoms with van der Waals surface area (Å²) in [6, 6.07) is 0. The fourth-order valence-electron chi connectivity index (χ4n) is 0.901. The second kappa shape index (κ2) is 3.81. The summed E-state index contributed by atoms with van der Waals surface area (Å²) in [5.74, 6) is 0.465. The van der Waals surface area contributed by atoms with Gasteiger partial charge in [0.25, 0.3) is 0 Å². The standard InChI is InChI=1S/C8H5Cl2N3S/c1-4-6(9)12-8(13-7(4)10)5-2-14-3-11-5/h2-3H,1H3. The maximum absolute atomic E-state index is 5.88. The topological polar surface area (TPSA) is 38.7 Å². The molecule has 0 atom stereocenters. The number of hydrogen-bond donors (Lipinski definition) is 0. The van der Waals surface area contributed by atoms with Gasteiger partial charge in [-0.25, -0.2) is 15.0 Å². The van der Waals surface area contributed by atoms with Crippen molar-refractivity contribution in [3.8, 4) is 11.5 Å². The number of nitrogens with zero attached hydrogens (tertiary/aromatic N) is 3. The fraction of sp³-hybridized carbons (Fsp3) is 0.125. The summed E-state index contributed by atoms with van der Waals surface area (Å²) in [4.78, 5) is 12.3. The largest absolute Gasteiger partial charge is 0.241 e. The van der Waals surface area contributed by atoms with E-state index in [4.69, 9.17) is 23.2 Å². The molecular weight excluding hydrogens is 241 g/mol. The third kappa shape index (κ3) is 1.73. The van der Waals surface area contributed by atoms with Crippen molar-refractivity contribution in [1.29, 1.82) is 0 Å². The minimum atomic E-state index is 0.369. The van der Waals surface area contributed by atoms with E-state index in [0.29, 0.717) is 27.4 Å². The normalized spacial score (nSPS) is 10.5. The Morgan fingerprint density at radius 1 is 1.21 bits per heavy atom. The van der Waals surface area contributed by atoms with E-state index < -0.39 is 0 Å². The predicted molar refractivity (Wildman–Crippen MR) is 57.9 cm³/mol. The van der Waals surface area contributed by atoms with Crippen LogP contribution in [0.5, 0.6) is 0 Å². The molecule has 2 rings (SSSR count). The lowest BCUT2D eigenvalue weighted by Gasteiger charge is -2.01. The maximum Gasteiger partial charge on any atom is 0.181 e. The molecule has 0 bridgehead atoms. The number of halogens is 2. The highest BCUT2D eigenvalue weighted by molar-refractivity contribution is 7.07. The molecule has 0 aromatic carbocycles. The van der Waals surface area contributed by atoms with Crippen LogP contribution in [0.2, 0.25) is 10.3 Å². The maximum atomic E-state index is 5.88. The Balaban J connectivity index is 2.57. The van der Waals surface area contributed by atoms with Gasteiger partial charge in [0, 0.05) is 10.9 Å². The van der Waals surface area contributed by atoms with Gasteiger partial charge in [0.2, 0.25) is 0 Å². The molecule has 3 nitrogen and oxygen atoms in total. The molecule has 0 aliphatic rings. The molecule has 14 heavy (non-hydrogen) atoms. The average Bonchev–Trinajstić information content (AvgIpc) is 2.66. The molecule has 2 aromatic rings. The SMILES string of the molecule is Cc1c(Cl)nc(-c2cscn2)nc1Cl. The molecule has 0 spiro atoms. The summed E-state index contributed by atoms with van der Waals surface area (Å²) >= 11 is 13.2. The highest BCUT2D eigenvalue weighted by atomic mass is 35.5. The van der Waals surface area contributed by atoms with Gasteiger partial charge in [-0.1, -0.05) is 23.2 Å². The van der Waals surface area contributed by atoms with E-state index in [9.17, 15) is 0 Å². The Bertz CT molecular complexity index is 433. The average molecular weight is 246 g/mol. The molecule has 0 unspecified atom stereocenters. The predicted octanol–water partition coefficient (Wildman–Crippen LogP) is 3.22. The van der Waals surface area contributed by atoms with E-state index in [1.807, 2.05) is 5.38 Å². The molecule has 0 saturated carbocycles. The first-order valence-electron chi connectivity index (χ1n) is 3.76. The summed E-state index contributed by atoms with van der Waals surface area (Å²) in [6.07, 6.45) is 0. The third-order valence-corrected chi connectivity index (χ3v) is 3.01. The van der Waals surface area contributed by atoms with Crippen molar-refractivity contribution in [2.75, 3.05) is 0 Å². The summed E-state index contributed by atoms with van der Waals surface area (Å²) in [6.45, 7) is 1.77. The number of thiazole rings is 1. The molecule has 2 heterocycles. The molecule has 0 saturated heterocycles. The molecule has 0 aliphatic carbocycles. The number of aromatic nitrogens is 3. The van der Waals surface area contributed by atoms with Crippen LogP contribution in [-0.2, 0) is 0 Å². The van der Waals surface area contributed by atoms with Crippen LogP contribution in [0.1, 0.15) is 5.56 Å². The minimum Gasteiger partial charge on any atom is -0.241 e. The lowest BCUT2D eigenvalue weighted by molar-refractivity contribution is 1.12. The summed E-state index contributed by atoms with van der Waals surface area (Å²) in [5.41, 5.74) is 3.09. The van der Waals surface area contributed by atoms with E-state index in [0.717, 1.165) is 0 Å². The Morgan fingerprint density at radius 2 is 1.86 bits per heavy atom. The van der Waals surface area contributed by atoms with Crippen LogP contribution in [0.3, 0.4) is 0 Å². The van der Waals surface area contributed by atoms with Crippen LogP contribution in [0.15, 0.2) is 10.9 Å². The van der Waals surface area contributed by atoms with Crippen LogP contribution >= 0.6 is 34.5 Å². The quantitative estimate of drug-likeness (QED) is 0.725. The fourth-order valence-corrected chi connectivity index (χ4v) is 1.82.